The van der Waals surface area contributed by atoms with Crippen LogP contribution in [0.2, 0.25) is 5.02 Å². The van der Waals surface area contributed by atoms with Crippen molar-refractivity contribution >= 4 is 62.1 Å². The van der Waals surface area contributed by atoms with Gasteiger partial charge in [-0.3, -0.25) is 0 Å². The van der Waals surface area contributed by atoms with Crippen LogP contribution in [0.4, 0.5) is 9.52 Å². The van der Waals surface area contributed by atoms with Crippen molar-refractivity contribution in [3.05, 3.63) is 52.8 Å². The molecule has 2 heterocycles. The second-order valence-corrected chi connectivity index (χ2v) is 10.1. The zero-order chi connectivity index (χ0) is 22.7. The van der Waals surface area contributed by atoms with Gasteiger partial charge in [0.1, 0.15) is 5.75 Å². The molecule has 0 unspecified atom stereocenters. The molecule has 1 aliphatic heterocycles. The summed E-state index contributed by atoms with van der Waals surface area (Å²) in [5, 5.41) is 10.5. The number of thiazole rings is 1. The van der Waals surface area contributed by atoms with Crippen molar-refractivity contribution < 1.29 is 19.0 Å². The molecule has 1 fully saturated rings. The maximum Gasteiger partial charge on any atom is 0.364 e. The Bertz CT molecular complexity index is 1160. The van der Waals surface area contributed by atoms with Gasteiger partial charge in [-0.1, -0.05) is 29.0 Å². The molecule has 0 bridgehead atoms. The minimum Gasteiger partial charge on any atom is -0.496 e. The normalized spacial score (nSPS) is 15.3. The Morgan fingerprint density at radius 2 is 2.12 bits per heavy atom. The molecular weight excluding hydrogens is 471 g/mol. The molecule has 4 rings (SSSR count). The molecule has 3 aromatic rings. The summed E-state index contributed by atoms with van der Waals surface area (Å²) >= 11 is 9.49. The monoisotopic (exact) mass is 492 g/mol. The molecule has 1 aromatic heterocycles. The number of fused-ring (bicyclic) bond motifs is 1. The quantitative estimate of drug-likeness (QED) is 0.306. The summed E-state index contributed by atoms with van der Waals surface area (Å²) in [7, 11) is 1.56. The van der Waals surface area contributed by atoms with Gasteiger partial charge in [-0.2, -0.15) is 4.39 Å². The number of ether oxygens (including phenoxy) is 1. The number of rotatable bonds is 7. The maximum atomic E-state index is 13.4. The lowest BCUT2D eigenvalue weighted by Gasteiger charge is -2.31. The molecule has 0 atom stereocenters. The third-order valence-corrected chi connectivity index (χ3v) is 7.98. The van der Waals surface area contributed by atoms with E-state index in [9.17, 15) is 9.18 Å². The molecule has 1 N–H and O–H groups in total. The van der Waals surface area contributed by atoms with E-state index in [1.807, 2.05) is 24.3 Å². The fraction of sp³-hybridized carbons (Fsp3) is 0.304. The van der Waals surface area contributed by atoms with E-state index in [1.54, 1.807) is 42.3 Å². The Morgan fingerprint density at radius 3 is 2.84 bits per heavy atom. The number of halogens is 2. The van der Waals surface area contributed by atoms with Crippen LogP contribution in [0.15, 0.2) is 47.1 Å². The first-order chi connectivity index (χ1) is 15.4. The van der Waals surface area contributed by atoms with E-state index in [0.29, 0.717) is 17.2 Å². The standard InChI is InChI=1S/C23H22ClFN2O3S2/c1-30-19-11-15(10-17(25)22(28)29)2-5-20(19)31-13-14-6-8-27(9-7-14)23-26-18-4-3-16(24)12-21(18)32-23/h2-5,10-12,14H,6-9,13H2,1H3,(H,28,29)/b17-10-. The highest BCUT2D eigenvalue weighted by Gasteiger charge is 2.22. The van der Waals surface area contributed by atoms with Crippen molar-refractivity contribution in [3.63, 3.8) is 0 Å². The zero-order valence-corrected chi connectivity index (χ0v) is 19.8. The first-order valence-electron chi connectivity index (χ1n) is 10.2. The number of aliphatic carboxylic acids is 1. The number of piperidine rings is 1. The van der Waals surface area contributed by atoms with Crippen LogP contribution < -0.4 is 9.64 Å². The van der Waals surface area contributed by atoms with Crippen LogP contribution in [0.3, 0.4) is 0 Å². The van der Waals surface area contributed by atoms with Gasteiger partial charge in [-0.15, -0.1) is 11.8 Å². The maximum absolute atomic E-state index is 13.4. The number of anilines is 1. The largest absolute Gasteiger partial charge is 0.496 e. The van der Waals surface area contributed by atoms with Gasteiger partial charge < -0.3 is 14.7 Å². The van der Waals surface area contributed by atoms with E-state index < -0.39 is 11.8 Å². The first kappa shape index (κ1) is 22.9. The summed E-state index contributed by atoms with van der Waals surface area (Å²) in [5.74, 6) is -0.627. The molecule has 0 radical (unpaired) electrons. The number of hydrogen-bond acceptors (Lipinski definition) is 6. The molecule has 0 aliphatic carbocycles. The topological polar surface area (TPSA) is 62.7 Å². The van der Waals surface area contributed by atoms with Crippen molar-refractivity contribution in [2.45, 2.75) is 17.7 Å². The summed E-state index contributed by atoms with van der Waals surface area (Å²) < 4.78 is 19.9. The predicted octanol–water partition coefficient (Wildman–Crippen LogP) is 6.36. The molecule has 32 heavy (non-hydrogen) atoms. The molecule has 5 nitrogen and oxygen atoms in total. The van der Waals surface area contributed by atoms with E-state index in [-0.39, 0.29) is 0 Å². The number of carbonyl (C=O) groups is 1. The summed E-state index contributed by atoms with van der Waals surface area (Å²) in [6.45, 7) is 1.93. The van der Waals surface area contributed by atoms with Crippen molar-refractivity contribution in [2.24, 2.45) is 5.92 Å². The average molecular weight is 493 g/mol. The molecule has 0 saturated carbocycles. The van der Waals surface area contributed by atoms with Crippen LogP contribution in [-0.2, 0) is 4.79 Å². The van der Waals surface area contributed by atoms with Gasteiger partial charge >= 0.3 is 5.97 Å². The molecule has 9 heteroatoms. The van der Waals surface area contributed by atoms with Gasteiger partial charge in [0.25, 0.3) is 0 Å². The van der Waals surface area contributed by atoms with Crippen LogP contribution in [0.5, 0.6) is 5.75 Å². The number of carboxylic acids is 1. The Balaban J connectivity index is 1.34. The van der Waals surface area contributed by atoms with Gasteiger partial charge in [0, 0.05) is 28.8 Å². The summed E-state index contributed by atoms with van der Waals surface area (Å²) in [4.78, 5) is 18.7. The number of methoxy groups -OCH3 is 1. The molecule has 1 saturated heterocycles. The Morgan fingerprint density at radius 1 is 1.34 bits per heavy atom. The van der Waals surface area contributed by atoms with E-state index in [4.69, 9.17) is 26.4 Å². The number of nitrogens with zero attached hydrogens (tertiary/aromatic N) is 2. The lowest BCUT2D eigenvalue weighted by atomic mass is 9.99. The summed E-state index contributed by atoms with van der Waals surface area (Å²) in [6.07, 6.45) is 3.15. The van der Waals surface area contributed by atoms with E-state index in [0.717, 1.165) is 63.0 Å². The first-order valence-corrected chi connectivity index (χ1v) is 12.3. The average Bonchev–Trinajstić information content (AvgIpc) is 3.21. The number of hydrogen-bond donors (Lipinski definition) is 1. The molecule has 168 valence electrons. The second-order valence-electron chi connectivity index (χ2n) is 7.56. The van der Waals surface area contributed by atoms with Gasteiger partial charge in [0.05, 0.1) is 17.3 Å². The number of carboxylic acid groups (broad SMARTS) is 1. The number of aromatic nitrogens is 1. The number of thioether (sulfide) groups is 1. The van der Waals surface area contributed by atoms with Crippen LogP contribution in [0.1, 0.15) is 18.4 Å². The van der Waals surface area contributed by atoms with E-state index in [2.05, 4.69) is 4.90 Å². The smallest absolute Gasteiger partial charge is 0.364 e. The third kappa shape index (κ3) is 5.36. The Kier molecular flexibility index (Phi) is 7.23. The van der Waals surface area contributed by atoms with Gasteiger partial charge in [0.15, 0.2) is 5.13 Å². The summed E-state index contributed by atoms with van der Waals surface area (Å²) in [6, 6.07) is 11.0. The Labute approximate surface area is 198 Å². The molecular formula is C23H22ClFN2O3S2. The van der Waals surface area contributed by atoms with Crippen LogP contribution in [0.25, 0.3) is 16.3 Å². The molecule has 0 spiro atoms. The lowest BCUT2D eigenvalue weighted by molar-refractivity contribution is -0.134. The van der Waals surface area contributed by atoms with Crippen LogP contribution in [-0.4, -0.2) is 42.0 Å². The SMILES string of the molecule is COc1cc(/C=C(\F)C(=O)O)ccc1SCC1CCN(c2nc3ccc(Cl)cc3s2)CC1. The minimum absolute atomic E-state index is 0.455. The van der Waals surface area contributed by atoms with Crippen LogP contribution >= 0.6 is 34.7 Å². The minimum atomic E-state index is -1.58. The highest BCUT2D eigenvalue weighted by molar-refractivity contribution is 7.99. The van der Waals surface area contributed by atoms with Crippen molar-refractivity contribution in [2.75, 3.05) is 30.9 Å². The highest BCUT2D eigenvalue weighted by atomic mass is 35.5. The fourth-order valence-electron chi connectivity index (χ4n) is 3.62. The predicted molar refractivity (Wildman–Crippen MR) is 130 cm³/mol. The third-order valence-electron chi connectivity index (χ3n) is 5.38. The zero-order valence-electron chi connectivity index (χ0n) is 17.4. The molecule has 2 aromatic carbocycles. The van der Waals surface area contributed by atoms with Gasteiger partial charge in [-0.05, 0) is 60.7 Å². The highest BCUT2D eigenvalue weighted by Crippen LogP contribution is 2.36. The van der Waals surface area contributed by atoms with Crippen molar-refractivity contribution in [3.8, 4) is 5.75 Å². The Hall–Kier alpha value is -2.29. The van der Waals surface area contributed by atoms with Crippen molar-refractivity contribution in [1.29, 1.82) is 0 Å². The fourth-order valence-corrected chi connectivity index (χ4v) is 6.11. The van der Waals surface area contributed by atoms with E-state index >= 15 is 0 Å². The second kappa shape index (κ2) is 10.1. The molecule has 0 amide bonds. The van der Waals surface area contributed by atoms with Crippen LogP contribution in [0, 0.1) is 5.92 Å². The van der Waals surface area contributed by atoms with Gasteiger partial charge in [-0.25, -0.2) is 9.78 Å². The van der Waals surface area contributed by atoms with E-state index in [1.165, 1.54) is 0 Å². The molecule has 1 aliphatic rings. The number of benzene rings is 2. The van der Waals surface area contributed by atoms with Gasteiger partial charge in [0.2, 0.25) is 5.83 Å². The van der Waals surface area contributed by atoms with Crippen molar-refractivity contribution in [1.82, 2.24) is 4.98 Å². The lowest BCUT2D eigenvalue weighted by Crippen LogP contribution is -2.34. The summed E-state index contributed by atoms with van der Waals surface area (Å²) in [5.41, 5.74) is 1.44.